The van der Waals surface area contributed by atoms with Gasteiger partial charge in [-0.3, -0.25) is 0 Å². The van der Waals surface area contributed by atoms with Gasteiger partial charge in [-0.25, -0.2) is 0 Å². The van der Waals surface area contributed by atoms with Gasteiger partial charge in [-0.1, -0.05) is 12.1 Å². The fraction of sp³-hybridized carbons (Fsp3) is 0.231. The molecule has 3 heteroatoms. The summed E-state index contributed by atoms with van der Waals surface area (Å²) in [6, 6.07) is 10.1. The van der Waals surface area contributed by atoms with Crippen molar-refractivity contribution in [2.24, 2.45) is 5.73 Å². The molecule has 1 heterocycles. The van der Waals surface area contributed by atoms with E-state index in [1.807, 2.05) is 31.2 Å². The molecule has 0 bridgehead atoms. The van der Waals surface area contributed by atoms with E-state index in [2.05, 4.69) is 16.8 Å². The van der Waals surface area contributed by atoms with E-state index in [9.17, 15) is 0 Å². The van der Waals surface area contributed by atoms with Crippen LogP contribution in [0, 0.1) is 0 Å². The van der Waals surface area contributed by atoms with Crippen molar-refractivity contribution in [1.82, 2.24) is 0 Å². The lowest BCUT2D eigenvalue weighted by Crippen LogP contribution is -2.05. The van der Waals surface area contributed by atoms with Gasteiger partial charge in [-0.2, -0.15) is 11.3 Å². The van der Waals surface area contributed by atoms with Crippen molar-refractivity contribution in [3.63, 3.8) is 0 Å². The third-order valence-corrected chi connectivity index (χ3v) is 3.10. The van der Waals surface area contributed by atoms with E-state index < -0.39 is 0 Å². The van der Waals surface area contributed by atoms with E-state index in [1.54, 1.807) is 11.3 Å². The maximum absolute atomic E-state index is 5.82. The molecule has 0 unspecified atom stereocenters. The van der Waals surface area contributed by atoms with Crippen molar-refractivity contribution < 1.29 is 4.74 Å². The molecule has 0 aliphatic carbocycles. The lowest BCUT2D eigenvalue weighted by atomic mass is 10.1. The zero-order chi connectivity index (χ0) is 11.4. The van der Waals surface area contributed by atoms with E-state index in [0.717, 1.165) is 11.3 Å². The zero-order valence-corrected chi connectivity index (χ0v) is 10.0. The minimum atomic E-state index is 0.0460. The summed E-state index contributed by atoms with van der Waals surface area (Å²) in [5.41, 5.74) is 8.12. The van der Waals surface area contributed by atoms with Crippen LogP contribution in [0.5, 0.6) is 5.75 Å². The molecule has 1 atom stereocenters. The standard InChI is InChI=1S/C13H15NOS/c1-10(14)12-3-2-4-13(7-12)15-8-11-5-6-16-9-11/h2-7,9-10H,8,14H2,1H3/t10-/m0/s1. The molecule has 0 spiro atoms. The summed E-state index contributed by atoms with van der Waals surface area (Å²) in [6.45, 7) is 2.59. The molecule has 0 radical (unpaired) electrons. The van der Waals surface area contributed by atoms with Crippen LogP contribution in [0.15, 0.2) is 41.1 Å². The third-order valence-electron chi connectivity index (χ3n) is 2.37. The predicted molar refractivity (Wildman–Crippen MR) is 67.7 cm³/mol. The van der Waals surface area contributed by atoms with Gasteiger partial charge in [-0.05, 0) is 47.0 Å². The van der Waals surface area contributed by atoms with Gasteiger partial charge in [0.15, 0.2) is 0 Å². The molecule has 0 saturated carbocycles. The Bertz CT molecular complexity index is 437. The Balaban J connectivity index is 2.01. The summed E-state index contributed by atoms with van der Waals surface area (Å²) < 4.78 is 5.69. The van der Waals surface area contributed by atoms with Crippen molar-refractivity contribution >= 4 is 11.3 Å². The lowest BCUT2D eigenvalue weighted by Gasteiger charge is -2.09. The molecule has 16 heavy (non-hydrogen) atoms. The van der Waals surface area contributed by atoms with Gasteiger partial charge in [0.1, 0.15) is 12.4 Å². The molecule has 2 rings (SSSR count). The Morgan fingerprint density at radius 1 is 1.38 bits per heavy atom. The van der Waals surface area contributed by atoms with Gasteiger partial charge < -0.3 is 10.5 Å². The molecule has 2 nitrogen and oxygen atoms in total. The highest BCUT2D eigenvalue weighted by atomic mass is 32.1. The Morgan fingerprint density at radius 2 is 2.25 bits per heavy atom. The molecule has 0 aliphatic rings. The van der Waals surface area contributed by atoms with E-state index in [-0.39, 0.29) is 6.04 Å². The lowest BCUT2D eigenvalue weighted by molar-refractivity contribution is 0.306. The van der Waals surface area contributed by atoms with Gasteiger partial charge in [0, 0.05) is 6.04 Å². The quantitative estimate of drug-likeness (QED) is 0.879. The second-order valence-corrected chi connectivity index (χ2v) is 4.56. The van der Waals surface area contributed by atoms with Crippen molar-refractivity contribution in [2.75, 3.05) is 0 Å². The molecule has 0 saturated heterocycles. The molecular weight excluding hydrogens is 218 g/mol. The molecule has 2 aromatic rings. The Hall–Kier alpha value is -1.32. The molecule has 0 fully saturated rings. The van der Waals surface area contributed by atoms with Crippen molar-refractivity contribution in [3.05, 3.63) is 52.2 Å². The first-order valence-electron chi connectivity index (χ1n) is 5.25. The van der Waals surface area contributed by atoms with Crippen LogP contribution in [0.4, 0.5) is 0 Å². The number of thiophene rings is 1. The summed E-state index contributed by atoms with van der Waals surface area (Å²) in [4.78, 5) is 0. The minimum Gasteiger partial charge on any atom is -0.489 e. The summed E-state index contributed by atoms with van der Waals surface area (Å²) >= 11 is 1.68. The van der Waals surface area contributed by atoms with Gasteiger partial charge in [0.2, 0.25) is 0 Å². The monoisotopic (exact) mass is 233 g/mol. The smallest absolute Gasteiger partial charge is 0.120 e. The minimum absolute atomic E-state index is 0.0460. The van der Waals surface area contributed by atoms with E-state index in [1.165, 1.54) is 5.56 Å². The molecule has 2 N–H and O–H groups in total. The number of hydrogen-bond donors (Lipinski definition) is 1. The van der Waals surface area contributed by atoms with Gasteiger partial charge in [-0.15, -0.1) is 0 Å². The average Bonchev–Trinajstić information content (AvgIpc) is 2.79. The predicted octanol–water partition coefficient (Wildman–Crippen LogP) is 3.35. The maximum Gasteiger partial charge on any atom is 0.120 e. The average molecular weight is 233 g/mol. The SMILES string of the molecule is C[C@H](N)c1cccc(OCc2ccsc2)c1. The number of ether oxygens (including phenoxy) is 1. The maximum atomic E-state index is 5.82. The Morgan fingerprint density at radius 3 is 2.94 bits per heavy atom. The van der Waals surface area contributed by atoms with Crippen LogP contribution in [0.1, 0.15) is 24.1 Å². The summed E-state index contributed by atoms with van der Waals surface area (Å²) in [5, 5.41) is 4.15. The Kier molecular flexibility index (Phi) is 3.59. The highest BCUT2D eigenvalue weighted by Gasteiger charge is 2.01. The molecule has 1 aromatic heterocycles. The topological polar surface area (TPSA) is 35.2 Å². The van der Waals surface area contributed by atoms with Crippen LogP contribution < -0.4 is 10.5 Å². The first-order valence-corrected chi connectivity index (χ1v) is 6.19. The fourth-order valence-electron chi connectivity index (χ4n) is 1.43. The number of nitrogens with two attached hydrogens (primary N) is 1. The molecule has 84 valence electrons. The second kappa shape index (κ2) is 5.14. The number of benzene rings is 1. The highest BCUT2D eigenvalue weighted by molar-refractivity contribution is 7.07. The van der Waals surface area contributed by atoms with Gasteiger partial charge in [0.05, 0.1) is 0 Å². The van der Waals surface area contributed by atoms with Crippen LogP contribution in [-0.2, 0) is 6.61 Å². The van der Waals surface area contributed by atoms with Crippen molar-refractivity contribution in [2.45, 2.75) is 19.6 Å². The first-order chi connectivity index (χ1) is 7.75. The molecular formula is C13H15NOS. The van der Waals surface area contributed by atoms with Crippen molar-refractivity contribution in [3.8, 4) is 5.75 Å². The van der Waals surface area contributed by atoms with Crippen LogP contribution in [0.2, 0.25) is 0 Å². The molecule has 0 amide bonds. The summed E-state index contributed by atoms with van der Waals surface area (Å²) in [6.07, 6.45) is 0. The Labute approximate surface area is 99.7 Å². The van der Waals surface area contributed by atoms with Crippen LogP contribution >= 0.6 is 11.3 Å². The summed E-state index contributed by atoms with van der Waals surface area (Å²) in [7, 11) is 0. The van der Waals surface area contributed by atoms with E-state index in [0.29, 0.717) is 6.61 Å². The largest absolute Gasteiger partial charge is 0.489 e. The molecule has 1 aromatic carbocycles. The van der Waals surface area contributed by atoms with Gasteiger partial charge in [0.25, 0.3) is 0 Å². The third kappa shape index (κ3) is 2.84. The number of hydrogen-bond acceptors (Lipinski definition) is 3. The summed E-state index contributed by atoms with van der Waals surface area (Å²) in [5.74, 6) is 0.876. The van der Waals surface area contributed by atoms with E-state index in [4.69, 9.17) is 10.5 Å². The van der Waals surface area contributed by atoms with Crippen molar-refractivity contribution in [1.29, 1.82) is 0 Å². The molecule has 0 aliphatic heterocycles. The van der Waals surface area contributed by atoms with Crippen LogP contribution in [-0.4, -0.2) is 0 Å². The number of rotatable bonds is 4. The van der Waals surface area contributed by atoms with E-state index >= 15 is 0 Å². The normalized spacial score (nSPS) is 12.4. The van der Waals surface area contributed by atoms with Crippen LogP contribution in [0.25, 0.3) is 0 Å². The van der Waals surface area contributed by atoms with Crippen LogP contribution in [0.3, 0.4) is 0 Å². The first kappa shape index (κ1) is 11.2. The highest BCUT2D eigenvalue weighted by Crippen LogP contribution is 2.19. The zero-order valence-electron chi connectivity index (χ0n) is 9.22. The second-order valence-electron chi connectivity index (χ2n) is 3.78. The fourth-order valence-corrected chi connectivity index (χ4v) is 2.08. The van der Waals surface area contributed by atoms with Gasteiger partial charge >= 0.3 is 0 Å².